The summed E-state index contributed by atoms with van der Waals surface area (Å²) in [5, 5.41) is 4.95. The number of carbonyl (C=O) groups excluding carboxylic acids is 2. The van der Waals surface area contributed by atoms with Crippen LogP contribution in [0.5, 0.6) is 0 Å². The average Bonchev–Trinajstić information content (AvgIpc) is 2.43. The molecule has 0 aromatic rings. The molecule has 1 unspecified atom stereocenters. The third kappa shape index (κ3) is 2.87. The van der Waals surface area contributed by atoms with E-state index < -0.39 is 24.1 Å². The first-order valence-electron chi connectivity index (χ1n) is 4.49. The van der Waals surface area contributed by atoms with E-state index >= 15 is 0 Å². The zero-order valence-electron chi connectivity index (χ0n) is 8.44. The van der Waals surface area contributed by atoms with Crippen LogP contribution < -0.4 is 16.4 Å². The Kier molecular flexibility index (Phi) is 3.59. The van der Waals surface area contributed by atoms with Crippen LogP contribution >= 0.6 is 12.2 Å². The molecule has 84 valence electrons. The highest BCUT2D eigenvalue weighted by Crippen LogP contribution is 2.04. The molecule has 0 spiro atoms. The normalized spacial score (nSPS) is 22.3. The van der Waals surface area contributed by atoms with E-state index in [0.29, 0.717) is 0 Å². The predicted molar refractivity (Wildman–Crippen MR) is 56.6 cm³/mol. The first-order valence-corrected chi connectivity index (χ1v) is 4.90. The van der Waals surface area contributed by atoms with E-state index in [2.05, 4.69) is 22.9 Å². The Morgan fingerprint density at radius 2 is 2.20 bits per heavy atom. The number of amides is 1. The Hall–Kier alpha value is -1.21. The molecular formula is C8H13N3O3S. The van der Waals surface area contributed by atoms with Crippen molar-refractivity contribution in [3.8, 4) is 0 Å². The molecule has 15 heavy (non-hydrogen) atoms. The number of esters is 1. The summed E-state index contributed by atoms with van der Waals surface area (Å²) < 4.78 is 4.84. The van der Waals surface area contributed by atoms with Gasteiger partial charge in [-0.25, -0.2) is 0 Å². The molecule has 1 aliphatic rings. The topological polar surface area (TPSA) is 93.5 Å². The Morgan fingerprint density at radius 3 is 2.60 bits per heavy atom. The van der Waals surface area contributed by atoms with Crippen molar-refractivity contribution in [2.45, 2.75) is 26.1 Å². The molecule has 7 heteroatoms. The summed E-state index contributed by atoms with van der Waals surface area (Å²) in [6.45, 7) is 3.58. The number of carbonyl (C=O) groups is 2. The summed E-state index contributed by atoms with van der Waals surface area (Å²) in [5.41, 5.74) is 5.55. The van der Waals surface area contributed by atoms with E-state index in [1.54, 1.807) is 13.8 Å². The third-order valence-corrected chi connectivity index (χ3v) is 2.18. The molecule has 2 atom stereocenters. The van der Waals surface area contributed by atoms with E-state index in [1.165, 1.54) is 0 Å². The maximum atomic E-state index is 11.4. The van der Waals surface area contributed by atoms with Gasteiger partial charge in [0, 0.05) is 0 Å². The van der Waals surface area contributed by atoms with Crippen LogP contribution in [-0.4, -0.2) is 29.3 Å². The molecule has 0 aliphatic carbocycles. The summed E-state index contributed by atoms with van der Waals surface area (Å²) in [6.07, 6.45) is -1.06. The van der Waals surface area contributed by atoms with Gasteiger partial charge in [-0.1, -0.05) is 13.8 Å². The van der Waals surface area contributed by atoms with Crippen molar-refractivity contribution < 1.29 is 14.3 Å². The van der Waals surface area contributed by atoms with Gasteiger partial charge in [-0.2, -0.15) is 0 Å². The van der Waals surface area contributed by atoms with Gasteiger partial charge in [-0.15, -0.1) is 0 Å². The molecule has 4 N–H and O–H groups in total. The van der Waals surface area contributed by atoms with Crippen molar-refractivity contribution in [3.05, 3.63) is 0 Å². The lowest BCUT2D eigenvalue weighted by Crippen LogP contribution is -2.43. The fourth-order valence-corrected chi connectivity index (χ4v) is 1.16. The minimum absolute atomic E-state index is 0.0473. The predicted octanol–water partition coefficient (Wildman–Crippen LogP) is -1.16. The second kappa shape index (κ2) is 4.54. The van der Waals surface area contributed by atoms with Crippen molar-refractivity contribution >= 4 is 29.2 Å². The van der Waals surface area contributed by atoms with Crippen molar-refractivity contribution in [3.63, 3.8) is 0 Å². The first-order chi connectivity index (χ1) is 6.91. The van der Waals surface area contributed by atoms with Crippen LogP contribution in [0.1, 0.15) is 13.8 Å². The first kappa shape index (κ1) is 11.9. The van der Waals surface area contributed by atoms with Gasteiger partial charge in [0.05, 0.1) is 0 Å². The summed E-state index contributed by atoms with van der Waals surface area (Å²) in [5.74, 6) is -1.15. The molecule has 1 saturated heterocycles. The summed E-state index contributed by atoms with van der Waals surface area (Å²) in [4.78, 5) is 22.5. The van der Waals surface area contributed by atoms with Crippen LogP contribution in [0, 0.1) is 5.92 Å². The highest BCUT2D eigenvalue weighted by molar-refractivity contribution is 7.80. The minimum atomic E-state index is -1.06. The molecule has 1 aliphatic heterocycles. The molecular weight excluding hydrogens is 218 g/mol. The lowest BCUT2D eigenvalue weighted by Gasteiger charge is -2.16. The Morgan fingerprint density at radius 1 is 1.60 bits per heavy atom. The Balaban J connectivity index is 2.52. The van der Waals surface area contributed by atoms with E-state index in [0.717, 1.165) is 0 Å². The number of nitrogens with one attached hydrogen (secondary N) is 2. The lowest BCUT2D eigenvalue weighted by atomic mass is 10.1. The molecule has 1 fully saturated rings. The Labute approximate surface area is 92.5 Å². The second-order valence-electron chi connectivity index (χ2n) is 3.55. The SMILES string of the molecule is CC(C)[C@H](N)C(=O)OC1NC(=S)NC1=O. The molecule has 0 saturated carbocycles. The van der Waals surface area contributed by atoms with Gasteiger partial charge in [-0.05, 0) is 18.1 Å². The van der Waals surface area contributed by atoms with Gasteiger partial charge in [0.1, 0.15) is 6.04 Å². The van der Waals surface area contributed by atoms with Crippen molar-refractivity contribution in [2.75, 3.05) is 0 Å². The van der Waals surface area contributed by atoms with Gasteiger partial charge < -0.3 is 15.8 Å². The number of nitrogens with two attached hydrogens (primary N) is 1. The van der Waals surface area contributed by atoms with Crippen LogP contribution in [0.2, 0.25) is 0 Å². The monoisotopic (exact) mass is 231 g/mol. The summed E-state index contributed by atoms with van der Waals surface area (Å²) in [6, 6.07) is -0.742. The molecule has 0 bridgehead atoms. The molecule has 0 radical (unpaired) electrons. The Bertz CT molecular complexity index is 306. The minimum Gasteiger partial charge on any atom is -0.431 e. The number of rotatable bonds is 3. The number of thiocarbonyl (C=S) groups is 1. The maximum Gasteiger partial charge on any atom is 0.325 e. The number of hydrogen-bond donors (Lipinski definition) is 3. The fraction of sp³-hybridized carbons (Fsp3) is 0.625. The van der Waals surface area contributed by atoms with Gasteiger partial charge in [0.25, 0.3) is 12.1 Å². The number of hydrogen-bond acceptors (Lipinski definition) is 5. The van der Waals surface area contributed by atoms with E-state index in [-0.39, 0.29) is 11.0 Å². The van der Waals surface area contributed by atoms with Gasteiger partial charge >= 0.3 is 5.97 Å². The van der Waals surface area contributed by atoms with Crippen LogP contribution in [0.4, 0.5) is 0 Å². The van der Waals surface area contributed by atoms with Crippen molar-refractivity contribution in [1.29, 1.82) is 0 Å². The summed E-state index contributed by atoms with van der Waals surface area (Å²) in [7, 11) is 0. The zero-order valence-corrected chi connectivity index (χ0v) is 9.26. The standard InChI is InChI=1S/C8H13N3O3S/c1-3(2)4(9)7(13)14-6-5(12)10-8(15)11-6/h3-4,6H,9H2,1-2H3,(H2,10,11,12,15)/t4-,6?/m0/s1. The van der Waals surface area contributed by atoms with E-state index in [4.69, 9.17) is 10.5 Å². The van der Waals surface area contributed by atoms with Gasteiger partial charge in [0.2, 0.25) is 0 Å². The van der Waals surface area contributed by atoms with E-state index in [1.807, 2.05) is 0 Å². The number of ether oxygens (including phenoxy) is 1. The van der Waals surface area contributed by atoms with Crippen molar-refractivity contribution in [1.82, 2.24) is 10.6 Å². The van der Waals surface area contributed by atoms with Gasteiger partial charge in [-0.3, -0.25) is 14.9 Å². The van der Waals surface area contributed by atoms with Crippen LogP contribution in [-0.2, 0) is 14.3 Å². The largest absolute Gasteiger partial charge is 0.431 e. The fourth-order valence-electron chi connectivity index (χ4n) is 0.948. The molecule has 6 nitrogen and oxygen atoms in total. The summed E-state index contributed by atoms with van der Waals surface area (Å²) >= 11 is 4.68. The quantitative estimate of drug-likeness (QED) is 0.419. The molecule has 1 heterocycles. The third-order valence-electron chi connectivity index (χ3n) is 1.96. The highest BCUT2D eigenvalue weighted by Gasteiger charge is 2.32. The maximum absolute atomic E-state index is 11.4. The molecule has 1 amide bonds. The van der Waals surface area contributed by atoms with Crippen LogP contribution in [0.25, 0.3) is 0 Å². The smallest absolute Gasteiger partial charge is 0.325 e. The van der Waals surface area contributed by atoms with Gasteiger partial charge in [0.15, 0.2) is 5.11 Å². The lowest BCUT2D eigenvalue weighted by molar-refractivity contribution is -0.157. The molecule has 0 aromatic carbocycles. The van der Waals surface area contributed by atoms with E-state index in [9.17, 15) is 9.59 Å². The molecule has 1 rings (SSSR count). The highest BCUT2D eigenvalue weighted by atomic mass is 32.1. The van der Waals surface area contributed by atoms with Crippen molar-refractivity contribution in [2.24, 2.45) is 11.7 Å². The zero-order chi connectivity index (χ0) is 11.6. The average molecular weight is 231 g/mol. The second-order valence-corrected chi connectivity index (χ2v) is 3.96. The van der Waals surface area contributed by atoms with Crippen LogP contribution in [0.3, 0.4) is 0 Å². The molecule has 0 aromatic heterocycles. The van der Waals surface area contributed by atoms with Crippen LogP contribution in [0.15, 0.2) is 0 Å².